The Morgan fingerprint density at radius 1 is 0.953 bits per heavy atom. The fourth-order valence-corrected chi connectivity index (χ4v) is 4.82. The van der Waals surface area contributed by atoms with E-state index in [9.17, 15) is 19.5 Å². The topological polar surface area (TPSA) is 126 Å². The van der Waals surface area contributed by atoms with Gasteiger partial charge < -0.3 is 29.5 Å². The number of aliphatic hydroxyl groups is 1. The molecule has 0 saturated carbocycles. The highest BCUT2D eigenvalue weighted by atomic mass is 32.2. The molecule has 0 aliphatic carbocycles. The lowest BCUT2D eigenvalue weighted by molar-refractivity contribution is -0.118. The van der Waals surface area contributed by atoms with Gasteiger partial charge in [-0.15, -0.1) is 0 Å². The third-order valence-electron chi connectivity index (χ3n) is 6.21. The molecule has 1 unspecified atom stereocenters. The van der Waals surface area contributed by atoms with Crippen LogP contribution in [0.3, 0.4) is 0 Å². The second kappa shape index (κ2) is 14.8. The summed E-state index contributed by atoms with van der Waals surface area (Å²) in [4.78, 5) is 37.6. The minimum Gasteiger partial charge on any atom is -0.491 e. The van der Waals surface area contributed by atoms with Gasteiger partial charge in [-0.2, -0.15) is 0 Å². The van der Waals surface area contributed by atoms with Crippen LogP contribution in [-0.4, -0.2) is 64.0 Å². The molecule has 3 N–H and O–H groups in total. The summed E-state index contributed by atoms with van der Waals surface area (Å²) in [7, 11) is 0. The average molecular weight is 608 g/mol. The number of nitrogens with one attached hydrogen (secondary N) is 2. The maximum Gasteiger partial charge on any atom is 0.410 e. The minimum absolute atomic E-state index is 0.0147. The molecule has 1 aliphatic rings. The van der Waals surface area contributed by atoms with E-state index in [1.165, 1.54) is 4.90 Å². The van der Waals surface area contributed by atoms with Gasteiger partial charge in [0.1, 0.15) is 36.4 Å². The van der Waals surface area contributed by atoms with E-state index in [-0.39, 0.29) is 24.3 Å². The summed E-state index contributed by atoms with van der Waals surface area (Å²) in [5, 5.41) is 14.9. The highest BCUT2D eigenvalue weighted by molar-refractivity contribution is 8.15. The summed E-state index contributed by atoms with van der Waals surface area (Å²) in [6, 6.07) is 24.4. The number of carbonyl (C=O) groups excluding carboxylic acids is 3. The Balaban J connectivity index is 1.27. The molecule has 10 nitrogen and oxygen atoms in total. The smallest absolute Gasteiger partial charge is 0.410 e. The molecule has 2 atom stereocenters. The Morgan fingerprint density at radius 2 is 1.60 bits per heavy atom. The summed E-state index contributed by atoms with van der Waals surface area (Å²) in [5.41, 5.74) is 2.01. The van der Waals surface area contributed by atoms with E-state index in [2.05, 4.69) is 10.6 Å². The molecule has 1 saturated heterocycles. The molecule has 0 bridgehead atoms. The van der Waals surface area contributed by atoms with E-state index in [1.807, 2.05) is 54.6 Å². The van der Waals surface area contributed by atoms with Crippen molar-refractivity contribution in [2.75, 3.05) is 25.0 Å². The first-order valence-corrected chi connectivity index (χ1v) is 14.8. The van der Waals surface area contributed by atoms with E-state index < -0.39 is 23.2 Å². The summed E-state index contributed by atoms with van der Waals surface area (Å²) in [6.07, 6.45) is -0.973. The molecule has 4 rings (SSSR count). The standard InChI is InChI=1S/C32H37N3O7S/c1-32(2,3)42-31(39)35(18-17-22-9-11-24(12-10-22)33-29-28(37)34-30(38)43-29)19-25(36)21-41-27-15-13-26(14-16-27)40-20-23-7-5-4-6-8-23/h4-16,25,29,33,36H,17-21H2,1-3H3,(H,34,37,38)/t25-,29?/m0/s1. The van der Waals surface area contributed by atoms with Crippen LogP contribution in [0.5, 0.6) is 11.5 Å². The molecule has 11 heteroatoms. The van der Waals surface area contributed by atoms with E-state index in [0.29, 0.717) is 36.8 Å². The maximum absolute atomic E-state index is 13.0. The molecule has 0 spiro atoms. The number of rotatable bonds is 13. The van der Waals surface area contributed by atoms with Gasteiger partial charge in [-0.3, -0.25) is 14.9 Å². The van der Waals surface area contributed by atoms with Crippen LogP contribution in [0.25, 0.3) is 0 Å². The lowest BCUT2D eigenvalue weighted by Crippen LogP contribution is -2.43. The van der Waals surface area contributed by atoms with E-state index in [0.717, 1.165) is 22.9 Å². The van der Waals surface area contributed by atoms with Gasteiger partial charge >= 0.3 is 6.09 Å². The second-order valence-electron chi connectivity index (χ2n) is 11.0. The van der Waals surface area contributed by atoms with Gasteiger partial charge in [0.2, 0.25) is 0 Å². The minimum atomic E-state index is -0.953. The van der Waals surface area contributed by atoms with Gasteiger partial charge in [0.05, 0.1) is 6.54 Å². The number of hydrogen-bond donors (Lipinski definition) is 3. The molecule has 0 aromatic heterocycles. The Bertz CT molecular complexity index is 1360. The number of anilines is 1. The number of hydrogen-bond acceptors (Lipinski definition) is 9. The van der Waals surface area contributed by atoms with E-state index in [4.69, 9.17) is 14.2 Å². The van der Waals surface area contributed by atoms with Gasteiger partial charge in [-0.1, -0.05) is 42.5 Å². The first-order chi connectivity index (χ1) is 20.5. The number of carbonyl (C=O) groups is 3. The lowest BCUT2D eigenvalue weighted by atomic mass is 10.1. The first kappa shape index (κ1) is 31.7. The molecular formula is C32H37N3O7S. The highest BCUT2D eigenvalue weighted by Crippen LogP contribution is 2.22. The summed E-state index contributed by atoms with van der Waals surface area (Å²) in [6.45, 7) is 6.14. The number of aliphatic hydroxyl groups excluding tert-OH is 1. The van der Waals surface area contributed by atoms with Crippen LogP contribution in [0.1, 0.15) is 31.9 Å². The molecule has 1 fully saturated rings. The van der Waals surface area contributed by atoms with Crippen molar-refractivity contribution in [2.45, 2.75) is 50.9 Å². The number of nitrogens with zero attached hydrogens (tertiary/aromatic N) is 1. The fourth-order valence-electron chi connectivity index (χ4n) is 4.09. The first-order valence-electron chi connectivity index (χ1n) is 14.0. The van der Waals surface area contributed by atoms with Crippen molar-refractivity contribution >= 4 is 34.7 Å². The van der Waals surface area contributed by atoms with Crippen molar-refractivity contribution in [1.29, 1.82) is 0 Å². The van der Waals surface area contributed by atoms with Crippen LogP contribution in [0.4, 0.5) is 15.3 Å². The van der Waals surface area contributed by atoms with Crippen LogP contribution >= 0.6 is 11.8 Å². The molecule has 1 heterocycles. The van der Waals surface area contributed by atoms with Gasteiger partial charge in [-0.05, 0) is 86.5 Å². The molecule has 1 aliphatic heterocycles. The van der Waals surface area contributed by atoms with Gasteiger partial charge in [0.25, 0.3) is 11.1 Å². The van der Waals surface area contributed by atoms with E-state index in [1.54, 1.807) is 45.0 Å². The van der Waals surface area contributed by atoms with Gasteiger partial charge in [0.15, 0.2) is 5.37 Å². The van der Waals surface area contributed by atoms with Crippen molar-refractivity contribution in [2.24, 2.45) is 0 Å². The van der Waals surface area contributed by atoms with Gasteiger partial charge in [0, 0.05) is 12.2 Å². The SMILES string of the molecule is CC(C)(C)OC(=O)N(CCc1ccc(NC2SC(=O)NC2=O)cc1)C[C@H](O)COc1ccc(OCc2ccccc2)cc1. The van der Waals surface area contributed by atoms with Crippen molar-refractivity contribution in [3.05, 3.63) is 90.0 Å². The molecule has 3 aromatic rings. The molecule has 3 amide bonds. The Morgan fingerprint density at radius 3 is 2.21 bits per heavy atom. The molecule has 3 aromatic carbocycles. The zero-order chi connectivity index (χ0) is 30.8. The number of benzene rings is 3. The summed E-state index contributed by atoms with van der Waals surface area (Å²) >= 11 is 0.896. The average Bonchev–Trinajstić information content (AvgIpc) is 3.29. The van der Waals surface area contributed by atoms with Crippen LogP contribution in [-0.2, 0) is 22.6 Å². The molecule has 43 heavy (non-hydrogen) atoms. The maximum atomic E-state index is 13.0. The Labute approximate surface area is 255 Å². The number of thioether (sulfide) groups is 1. The van der Waals surface area contributed by atoms with E-state index >= 15 is 0 Å². The third-order valence-corrected chi connectivity index (χ3v) is 7.09. The predicted octanol–water partition coefficient (Wildman–Crippen LogP) is 5.21. The fraction of sp³-hybridized carbons (Fsp3) is 0.344. The predicted molar refractivity (Wildman–Crippen MR) is 165 cm³/mol. The zero-order valence-electron chi connectivity index (χ0n) is 24.4. The monoisotopic (exact) mass is 607 g/mol. The van der Waals surface area contributed by atoms with Crippen molar-refractivity contribution < 1.29 is 33.7 Å². The van der Waals surface area contributed by atoms with Gasteiger partial charge in [-0.25, -0.2) is 4.79 Å². The highest BCUT2D eigenvalue weighted by Gasteiger charge is 2.31. The molecule has 0 radical (unpaired) electrons. The third kappa shape index (κ3) is 10.5. The number of amides is 3. The van der Waals surface area contributed by atoms with Crippen molar-refractivity contribution in [3.63, 3.8) is 0 Å². The zero-order valence-corrected chi connectivity index (χ0v) is 25.3. The quantitative estimate of drug-likeness (QED) is 0.240. The van der Waals surface area contributed by atoms with Crippen molar-refractivity contribution in [1.82, 2.24) is 10.2 Å². The largest absolute Gasteiger partial charge is 0.491 e. The number of imide groups is 1. The molecule has 228 valence electrons. The molecular weight excluding hydrogens is 570 g/mol. The Hall–Kier alpha value is -4.22. The number of ether oxygens (including phenoxy) is 3. The summed E-state index contributed by atoms with van der Waals surface area (Å²) < 4.78 is 17.1. The van der Waals surface area contributed by atoms with Crippen LogP contribution in [0.2, 0.25) is 0 Å². The second-order valence-corrected chi connectivity index (χ2v) is 12.1. The van der Waals surface area contributed by atoms with Crippen molar-refractivity contribution in [3.8, 4) is 11.5 Å². The normalized spacial score (nSPS) is 15.4. The lowest BCUT2D eigenvalue weighted by Gasteiger charge is -2.29. The Kier molecular flexibility index (Phi) is 10.9. The summed E-state index contributed by atoms with van der Waals surface area (Å²) in [5.74, 6) is 0.899. The van der Waals surface area contributed by atoms with Crippen LogP contribution < -0.4 is 20.1 Å². The van der Waals surface area contributed by atoms with Crippen LogP contribution in [0, 0.1) is 0 Å². The van der Waals surface area contributed by atoms with Crippen LogP contribution in [0.15, 0.2) is 78.9 Å².